The number of carbonyl (C=O) groups is 1. The van der Waals surface area contributed by atoms with Gasteiger partial charge < -0.3 is 15.5 Å². The number of phenols is 2. The lowest BCUT2D eigenvalue weighted by atomic mass is 10.1. The van der Waals surface area contributed by atoms with E-state index in [1.807, 2.05) is 13.8 Å². The average molecular weight is 223 g/mol. The van der Waals surface area contributed by atoms with Gasteiger partial charge in [-0.15, -0.1) is 0 Å². The summed E-state index contributed by atoms with van der Waals surface area (Å²) in [6.45, 7) is 3.97. The molecule has 0 aliphatic rings. The third-order valence-corrected chi connectivity index (χ3v) is 2.26. The lowest BCUT2D eigenvalue weighted by Gasteiger charge is -2.12. The van der Waals surface area contributed by atoms with Gasteiger partial charge in [-0.1, -0.05) is 13.3 Å². The predicted molar refractivity (Wildman–Crippen MR) is 61.6 cm³/mol. The van der Waals surface area contributed by atoms with Crippen LogP contribution in [0.1, 0.15) is 37.0 Å². The lowest BCUT2D eigenvalue weighted by Crippen LogP contribution is -2.32. The maximum absolute atomic E-state index is 11.7. The molecule has 16 heavy (non-hydrogen) atoms. The highest BCUT2D eigenvalue weighted by molar-refractivity contribution is 5.95. The Morgan fingerprint density at radius 2 is 1.88 bits per heavy atom. The number of rotatable bonds is 4. The first-order valence-electron chi connectivity index (χ1n) is 5.36. The van der Waals surface area contributed by atoms with Crippen molar-refractivity contribution in [1.82, 2.24) is 5.32 Å². The van der Waals surface area contributed by atoms with Crippen molar-refractivity contribution in [1.29, 1.82) is 0 Å². The van der Waals surface area contributed by atoms with Crippen molar-refractivity contribution >= 4 is 5.91 Å². The molecule has 0 heterocycles. The second kappa shape index (κ2) is 5.39. The molecule has 0 aliphatic heterocycles. The average Bonchev–Trinajstić information content (AvgIpc) is 2.16. The molecule has 88 valence electrons. The highest BCUT2D eigenvalue weighted by Crippen LogP contribution is 2.20. The molecule has 3 N–H and O–H groups in total. The van der Waals surface area contributed by atoms with Crippen LogP contribution in [-0.2, 0) is 0 Å². The van der Waals surface area contributed by atoms with E-state index >= 15 is 0 Å². The largest absolute Gasteiger partial charge is 0.508 e. The molecule has 0 bridgehead atoms. The zero-order valence-electron chi connectivity index (χ0n) is 9.53. The third-order valence-electron chi connectivity index (χ3n) is 2.26. The molecule has 0 spiro atoms. The van der Waals surface area contributed by atoms with E-state index in [0.717, 1.165) is 12.8 Å². The van der Waals surface area contributed by atoms with Gasteiger partial charge in [-0.3, -0.25) is 4.79 Å². The second-order valence-electron chi connectivity index (χ2n) is 3.90. The highest BCUT2D eigenvalue weighted by Gasteiger charge is 2.10. The number of amides is 1. The van der Waals surface area contributed by atoms with Gasteiger partial charge in [-0.2, -0.15) is 0 Å². The van der Waals surface area contributed by atoms with Gasteiger partial charge in [0.25, 0.3) is 5.91 Å². The molecular weight excluding hydrogens is 206 g/mol. The first kappa shape index (κ1) is 12.4. The summed E-state index contributed by atoms with van der Waals surface area (Å²) < 4.78 is 0. The molecule has 0 radical (unpaired) electrons. The molecule has 0 saturated heterocycles. The van der Waals surface area contributed by atoms with Gasteiger partial charge in [0.15, 0.2) is 0 Å². The van der Waals surface area contributed by atoms with E-state index in [1.54, 1.807) is 0 Å². The van der Waals surface area contributed by atoms with Gasteiger partial charge in [-0.25, -0.2) is 0 Å². The third kappa shape index (κ3) is 3.46. The van der Waals surface area contributed by atoms with Crippen molar-refractivity contribution in [3.63, 3.8) is 0 Å². The molecule has 1 amide bonds. The van der Waals surface area contributed by atoms with E-state index < -0.39 is 0 Å². The zero-order chi connectivity index (χ0) is 12.1. The molecule has 1 aromatic rings. The molecule has 0 aliphatic carbocycles. The van der Waals surface area contributed by atoms with E-state index in [9.17, 15) is 15.0 Å². The van der Waals surface area contributed by atoms with E-state index in [4.69, 9.17) is 0 Å². The molecule has 0 fully saturated rings. The summed E-state index contributed by atoms with van der Waals surface area (Å²) in [5.41, 5.74) is 0.264. The molecule has 1 rings (SSSR count). The van der Waals surface area contributed by atoms with E-state index in [-0.39, 0.29) is 29.0 Å². The first-order valence-corrected chi connectivity index (χ1v) is 5.36. The Morgan fingerprint density at radius 1 is 1.31 bits per heavy atom. The standard InChI is InChI=1S/C12H17NO3/c1-3-4-8(2)13-12(16)9-5-10(14)7-11(15)6-9/h5-8,14-15H,3-4H2,1-2H3,(H,13,16). The zero-order valence-corrected chi connectivity index (χ0v) is 9.53. The lowest BCUT2D eigenvalue weighted by molar-refractivity contribution is 0.0937. The van der Waals surface area contributed by atoms with Crippen LogP contribution in [0.25, 0.3) is 0 Å². The van der Waals surface area contributed by atoms with E-state index in [1.165, 1.54) is 18.2 Å². The second-order valence-corrected chi connectivity index (χ2v) is 3.90. The predicted octanol–water partition coefficient (Wildman–Crippen LogP) is 2.02. The Balaban J connectivity index is 2.72. The minimum atomic E-state index is -0.285. The van der Waals surface area contributed by atoms with Gasteiger partial charge in [-0.05, 0) is 25.5 Å². The van der Waals surface area contributed by atoms with Crippen LogP contribution in [0.15, 0.2) is 18.2 Å². The molecule has 1 aromatic carbocycles. The topological polar surface area (TPSA) is 69.6 Å². The fourth-order valence-electron chi connectivity index (χ4n) is 1.54. The number of benzene rings is 1. The van der Waals surface area contributed by atoms with Crippen LogP contribution in [0.3, 0.4) is 0 Å². The molecule has 4 nitrogen and oxygen atoms in total. The summed E-state index contributed by atoms with van der Waals surface area (Å²) in [6, 6.07) is 3.93. The van der Waals surface area contributed by atoms with Gasteiger partial charge in [0.1, 0.15) is 11.5 Å². The van der Waals surface area contributed by atoms with Crippen LogP contribution in [0, 0.1) is 0 Å². The van der Waals surface area contributed by atoms with Gasteiger partial charge in [0.05, 0.1) is 0 Å². The molecule has 0 aromatic heterocycles. The first-order chi connectivity index (χ1) is 7.52. The molecule has 4 heteroatoms. The Morgan fingerprint density at radius 3 is 2.38 bits per heavy atom. The molecular formula is C12H17NO3. The summed E-state index contributed by atoms with van der Waals surface area (Å²) in [6.07, 6.45) is 1.89. The summed E-state index contributed by atoms with van der Waals surface area (Å²) in [5.74, 6) is -0.520. The number of hydrogen-bond donors (Lipinski definition) is 3. The number of phenolic OH excluding ortho intramolecular Hbond substituents is 2. The van der Waals surface area contributed by atoms with Crippen LogP contribution in [0.4, 0.5) is 0 Å². The van der Waals surface area contributed by atoms with Crippen LogP contribution in [-0.4, -0.2) is 22.2 Å². The quantitative estimate of drug-likeness (QED) is 0.731. The summed E-state index contributed by atoms with van der Waals surface area (Å²) >= 11 is 0. The maximum atomic E-state index is 11.7. The van der Waals surface area contributed by atoms with Crippen LogP contribution >= 0.6 is 0 Å². The maximum Gasteiger partial charge on any atom is 0.251 e. The highest BCUT2D eigenvalue weighted by atomic mass is 16.3. The number of carbonyl (C=O) groups excluding carboxylic acids is 1. The van der Waals surface area contributed by atoms with Crippen LogP contribution in [0.5, 0.6) is 11.5 Å². The summed E-state index contributed by atoms with van der Waals surface area (Å²) in [5, 5.41) is 21.3. The Kier molecular flexibility index (Phi) is 4.17. The Labute approximate surface area is 94.9 Å². The van der Waals surface area contributed by atoms with E-state index in [0.29, 0.717) is 0 Å². The number of hydrogen-bond acceptors (Lipinski definition) is 3. The minimum Gasteiger partial charge on any atom is -0.508 e. The molecule has 0 saturated carbocycles. The summed E-state index contributed by atoms with van der Waals surface area (Å²) in [4.78, 5) is 11.7. The van der Waals surface area contributed by atoms with Crippen molar-refractivity contribution in [3.05, 3.63) is 23.8 Å². The van der Waals surface area contributed by atoms with Gasteiger partial charge in [0.2, 0.25) is 0 Å². The monoisotopic (exact) mass is 223 g/mol. The van der Waals surface area contributed by atoms with E-state index in [2.05, 4.69) is 5.32 Å². The molecule has 1 atom stereocenters. The smallest absolute Gasteiger partial charge is 0.251 e. The molecule has 1 unspecified atom stereocenters. The van der Waals surface area contributed by atoms with Crippen molar-refractivity contribution in [2.24, 2.45) is 0 Å². The normalized spacial score (nSPS) is 12.1. The van der Waals surface area contributed by atoms with Crippen LogP contribution in [0.2, 0.25) is 0 Å². The minimum absolute atomic E-state index is 0.0852. The van der Waals surface area contributed by atoms with Gasteiger partial charge in [0, 0.05) is 17.7 Å². The Hall–Kier alpha value is -1.71. The van der Waals surface area contributed by atoms with Crippen molar-refractivity contribution < 1.29 is 15.0 Å². The fraction of sp³-hybridized carbons (Fsp3) is 0.417. The van der Waals surface area contributed by atoms with Crippen molar-refractivity contribution in [2.45, 2.75) is 32.7 Å². The number of nitrogens with one attached hydrogen (secondary N) is 1. The van der Waals surface area contributed by atoms with Crippen molar-refractivity contribution in [2.75, 3.05) is 0 Å². The van der Waals surface area contributed by atoms with Crippen molar-refractivity contribution in [3.8, 4) is 11.5 Å². The Bertz CT molecular complexity index is 356. The number of aromatic hydroxyl groups is 2. The SMILES string of the molecule is CCCC(C)NC(=O)c1cc(O)cc(O)c1. The van der Waals surface area contributed by atoms with Crippen LogP contribution < -0.4 is 5.32 Å². The van der Waals surface area contributed by atoms with Gasteiger partial charge >= 0.3 is 0 Å². The summed E-state index contributed by atoms with van der Waals surface area (Å²) in [7, 11) is 0. The fourth-order valence-corrected chi connectivity index (χ4v) is 1.54.